The molecule has 1 aliphatic rings. The van der Waals surface area contributed by atoms with Crippen LogP contribution in [0.25, 0.3) is 0 Å². The molecule has 104 valence electrons. The number of carbonyl (C=O) groups excluding carboxylic acids is 1. The van der Waals surface area contributed by atoms with E-state index in [9.17, 15) is 4.79 Å². The van der Waals surface area contributed by atoms with Gasteiger partial charge in [0, 0.05) is 19.1 Å². The van der Waals surface area contributed by atoms with E-state index in [4.69, 9.17) is 28.9 Å². The van der Waals surface area contributed by atoms with Crippen LogP contribution in [0.15, 0.2) is 6.33 Å². The third-order valence-corrected chi connectivity index (χ3v) is 3.75. The zero-order valence-electron chi connectivity index (χ0n) is 10.3. The highest BCUT2D eigenvalue weighted by molar-refractivity contribution is 6.42. The number of aromatic nitrogens is 2. The van der Waals surface area contributed by atoms with E-state index in [1.807, 2.05) is 0 Å². The quantitative estimate of drug-likeness (QED) is 0.818. The number of rotatable bonds is 3. The molecule has 1 fully saturated rings. The van der Waals surface area contributed by atoms with Crippen LogP contribution in [-0.2, 0) is 4.79 Å². The van der Waals surface area contributed by atoms with Gasteiger partial charge in [0.1, 0.15) is 11.3 Å². The lowest BCUT2D eigenvalue weighted by Gasteiger charge is -2.29. The van der Waals surface area contributed by atoms with E-state index in [0.717, 1.165) is 25.9 Å². The molecule has 0 spiro atoms. The number of nitrogens with zero attached hydrogens (tertiary/aromatic N) is 3. The van der Waals surface area contributed by atoms with Crippen LogP contribution in [0.1, 0.15) is 12.8 Å². The summed E-state index contributed by atoms with van der Waals surface area (Å²) in [6.07, 6.45) is 3.07. The Labute approximate surface area is 121 Å². The lowest BCUT2D eigenvalue weighted by Crippen LogP contribution is -2.43. The number of amides is 1. The van der Waals surface area contributed by atoms with Crippen molar-refractivity contribution in [3.05, 3.63) is 16.5 Å². The molecule has 1 aromatic rings. The van der Waals surface area contributed by atoms with E-state index < -0.39 is 0 Å². The van der Waals surface area contributed by atoms with Gasteiger partial charge in [-0.05, 0) is 12.8 Å². The second-order valence-electron chi connectivity index (χ2n) is 4.49. The summed E-state index contributed by atoms with van der Waals surface area (Å²) in [5.74, 6) is 0.0625. The Morgan fingerprint density at radius 3 is 2.79 bits per heavy atom. The fourth-order valence-corrected chi connectivity index (χ4v) is 2.20. The molecule has 0 radical (unpaired) electrons. The first-order valence-electron chi connectivity index (χ1n) is 6.00. The lowest BCUT2D eigenvalue weighted by molar-refractivity contribution is -0.117. The molecule has 0 unspecified atom stereocenters. The predicted octanol–water partition coefficient (Wildman–Crippen LogP) is 1.14. The number of carbonyl (C=O) groups is 1. The molecule has 19 heavy (non-hydrogen) atoms. The summed E-state index contributed by atoms with van der Waals surface area (Å²) < 4.78 is 0. The summed E-state index contributed by atoms with van der Waals surface area (Å²) in [5.41, 5.74) is 5.81. The van der Waals surface area contributed by atoms with Crippen molar-refractivity contribution in [3.8, 4) is 0 Å². The van der Waals surface area contributed by atoms with Gasteiger partial charge in [-0.1, -0.05) is 23.2 Å². The SMILES string of the molecule is NC1CCN(CC(=O)Nc2ncnc(Cl)c2Cl)CC1. The summed E-state index contributed by atoms with van der Waals surface area (Å²) >= 11 is 11.6. The van der Waals surface area contributed by atoms with Crippen molar-refractivity contribution in [1.82, 2.24) is 14.9 Å². The van der Waals surface area contributed by atoms with Gasteiger partial charge in [-0.15, -0.1) is 0 Å². The third kappa shape index (κ3) is 4.01. The number of nitrogens with two attached hydrogens (primary N) is 1. The third-order valence-electron chi connectivity index (χ3n) is 3.00. The van der Waals surface area contributed by atoms with Gasteiger partial charge in [-0.2, -0.15) is 0 Å². The second kappa shape index (κ2) is 6.47. The van der Waals surface area contributed by atoms with Crippen LogP contribution < -0.4 is 11.1 Å². The van der Waals surface area contributed by atoms with E-state index in [1.54, 1.807) is 0 Å². The summed E-state index contributed by atoms with van der Waals surface area (Å²) in [5, 5.41) is 2.90. The average Bonchev–Trinajstić information content (AvgIpc) is 2.38. The summed E-state index contributed by atoms with van der Waals surface area (Å²) in [7, 11) is 0. The predicted molar refractivity (Wildman–Crippen MR) is 74.3 cm³/mol. The van der Waals surface area contributed by atoms with Gasteiger partial charge in [-0.3, -0.25) is 9.69 Å². The monoisotopic (exact) mass is 303 g/mol. The van der Waals surface area contributed by atoms with Gasteiger partial charge in [0.25, 0.3) is 0 Å². The molecule has 0 bridgehead atoms. The van der Waals surface area contributed by atoms with Crippen molar-refractivity contribution < 1.29 is 4.79 Å². The normalized spacial score (nSPS) is 17.4. The molecule has 2 heterocycles. The van der Waals surface area contributed by atoms with Crippen molar-refractivity contribution in [3.63, 3.8) is 0 Å². The number of hydrogen-bond donors (Lipinski definition) is 2. The van der Waals surface area contributed by atoms with Crippen molar-refractivity contribution in [2.45, 2.75) is 18.9 Å². The number of hydrogen-bond acceptors (Lipinski definition) is 5. The molecular formula is C11H15Cl2N5O. The number of piperidine rings is 1. The lowest BCUT2D eigenvalue weighted by atomic mass is 10.1. The average molecular weight is 304 g/mol. The minimum absolute atomic E-state index is 0.121. The van der Waals surface area contributed by atoms with Crippen molar-refractivity contribution in [1.29, 1.82) is 0 Å². The van der Waals surface area contributed by atoms with Crippen LogP contribution in [0.5, 0.6) is 0 Å². The van der Waals surface area contributed by atoms with E-state index in [2.05, 4.69) is 20.2 Å². The Morgan fingerprint density at radius 1 is 1.42 bits per heavy atom. The minimum atomic E-state index is -0.174. The minimum Gasteiger partial charge on any atom is -0.328 e. The number of likely N-dealkylation sites (tertiary alicyclic amines) is 1. The van der Waals surface area contributed by atoms with Crippen molar-refractivity contribution in [2.24, 2.45) is 5.73 Å². The van der Waals surface area contributed by atoms with Gasteiger partial charge in [0.15, 0.2) is 11.0 Å². The molecular weight excluding hydrogens is 289 g/mol. The first-order chi connectivity index (χ1) is 9.06. The van der Waals surface area contributed by atoms with Crippen LogP contribution in [-0.4, -0.2) is 46.5 Å². The fraction of sp³-hybridized carbons (Fsp3) is 0.545. The number of halogens is 2. The first kappa shape index (κ1) is 14.5. The molecule has 2 rings (SSSR count). The molecule has 3 N–H and O–H groups in total. The largest absolute Gasteiger partial charge is 0.328 e. The summed E-state index contributed by atoms with van der Waals surface area (Å²) in [6.45, 7) is 1.95. The van der Waals surface area contributed by atoms with Crippen molar-refractivity contribution >= 4 is 34.9 Å². The Bertz CT molecular complexity index is 462. The standard InChI is InChI=1S/C11H15Cl2N5O/c12-9-10(13)15-6-16-11(9)17-8(19)5-18-3-1-7(14)2-4-18/h6-7H,1-5,14H2,(H,15,16,17,19). The molecule has 1 saturated heterocycles. The summed E-state index contributed by atoms with van der Waals surface area (Å²) in [6, 6.07) is 0.245. The van der Waals surface area contributed by atoms with E-state index in [0.29, 0.717) is 6.54 Å². The Morgan fingerprint density at radius 2 is 2.11 bits per heavy atom. The van der Waals surface area contributed by atoms with Gasteiger partial charge < -0.3 is 11.1 Å². The smallest absolute Gasteiger partial charge is 0.239 e. The van der Waals surface area contributed by atoms with E-state index >= 15 is 0 Å². The number of nitrogens with one attached hydrogen (secondary N) is 1. The van der Waals surface area contributed by atoms with Crippen LogP contribution in [0.3, 0.4) is 0 Å². The summed E-state index contributed by atoms with van der Waals surface area (Å²) in [4.78, 5) is 21.5. The molecule has 0 atom stereocenters. The maximum absolute atomic E-state index is 11.9. The van der Waals surface area contributed by atoms with Crippen LogP contribution in [0.4, 0.5) is 5.82 Å². The van der Waals surface area contributed by atoms with Crippen LogP contribution >= 0.6 is 23.2 Å². The second-order valence-corrected chi connectivity index (χ2v) is 5.22. The van der Waals surface area contributed by atoms with Gasteiger partial charge in [-0.25, -0.2) is 9.97 Å². The van der Waals surface area contributed by atoms with E-state index in [1.165, 1.54) is 6.33 Å². The molecule has 0 aliphatic carbocycles. The zero-order valence-corrected chi connectivity index (χ0v) is 11.8. The maximum atomic E-state index is 11.9. The molecule has 0 saturated carbocycles. The van der Waals surface area contributed by atoms with Gasteiger partial charge in [0.2, 0.25) is 5.91 Å². The fourth-order valence-electron chi connectivity index (χ4n) is 1.92. The molecule has 0 aromatic carbocycles. The molecule has 1 aromatic heterocycles. The van der Waals surface area contributed by atoms with Gasteiger partial charge >= 0.3 is 0 Å². The highest BCUT2D eigenvalue weighted by Gasteiger charge is 2.19. The highest BCUT2D eigenvalue weighted by Crippen LogP contribution is 2.25. The number of anilines is 1. The van der Waals surface area contributed by atoms with Gasteiger partial charge in [0.05, 0.1) is 6.54 Å². The topological polar surface area (TPSA) is 84.1 Å². The molecule has 8 heteroatoms. The Balaban J connectivity index is 1.89. The van der Waals surface area contributed by atoms with Crippen molar-refractivity contribution in [2.75, 3.05) is 25.0 Å². The van der Waals surface area contributed by atoms with Crippen LogP contribution in [0.2, 0.25) is 10.2 Å². The first-order valence-corrected chi connectivity index (χ1v) is 6.75. The highest BCUT2D eigenvalue weighted by atomic mass is 35.5. The molecule has 6 nitrogen and oxygen atoms in total. The zero-order chi connectivity index (χ0) is 13.8. The molecule has 1 aliphatic heterocycles. The Kier molecular flexibility index (Phi) is 4.93. The maximum Gasteiger partial charge on any atom is 0.239 e. The Hall–Kier alpha value is -0.950. The van der Waals surface area contributed by atoms with Crippen LogP contribution in [0, 0.1) is 0 Å². The molecule has 1 amide bonds. The van der Waals surface area contributed by atoms with E-state index in [-0.39, 0.29) is 27.9 Å².